The quantitative estimate of drug-likeness (QED) is 0.528. The van der Waals surface area contributed by atoms with Gasteiger partial charge in [0.1, 0.15) is 5.56 Å². The van der Waals surface area contributed by atoms with E-state index in [2.05, 4.69) is 4.98 Å². The summed E-state index contributed by atoms with van der Waals surface area (Å²) in [5.74, 6) is 0. The van der Waals surface area contributed by atoms with E-state index in [1.807, 2.05) is 0 Å². The predicted octanol–water partition coefficient (Wildman–Crippen LogP) is 2.24. The lowest BCUT2D eigenvalue weighted by molar-refractivity contribution is -0.386. The lowest BCUT2D eigenvalue weighted by Gasteiger charge is -2.00. The van der Waals surface area contributed by atoms with E-state index in [9.17, 15) is 18.9 Å². The second kappa shape index (κ2) is 3.42. The molecule has 0 aliphatic rings. The summed E-state index contributed by atoms with van der Waals surface area (Å²) in [5.41, 5.74) is -0.880. The van der Waals surface area contributed by atoms with Crippen LogP contribution >= 0.6 is 0 Å². The van der Waals surface area contributed by atoms with Crippen molar-refractivity contribution in [3.05, 3.63) is 33.6 Å². The molecule has 0 spiro atoms. The summed E-state index contributed by atoms with van der Waals surface area (Å²) in [4.78, 5) is 13.0. The van der Waals surface area contributed by atoms with Crippen molar-refractivity contribution in [1.29, 1.82) is 0 Å². The Morgan fingerprint density at radius 2 is 2.23 bits per heavy atom. The number of pyridine rings is 1. The molecule has 1 aromatic rings. The van der Waals surface area contributed by atoms with E-state index in [0.29, 0.717) is 5.69 Å². The minimum Gasteiger partial charge on any atom is -0.261 e. The zero-order valence-electron chi connectivity index (χ0n) is 6.70. The van der Waals surface area contributed by atoms with Gasteiger partial charge in [0, 0.05) is 18.0 Å². The van der Waals surface area contributed by atoms with Gasteiger partial charge in [0.25, 0.3) is 12.1 Å². The van der Waals surface area contributed by atoms with Crippen LogP contribution in [0.25, 0.3) is 0 Å². The molecule has 13 heavy (non-hydrogen) atoms. The van der Waals surface area contributed by atoms with Gasteiger partial charge in [0.2, 0.25) is 0 Å². The number of nitro groups is 1. The first-order valence-corrected chi connectivity index (χ1v) is 3.41. The van der Waals surface area contributed by atoms with Crippen LogP contribution in [-0.2, 0) is 0 Å². The number of halogens is 2. The summed E-state index contributed by atoms with van der Waals surface area (Å²) in [6, 6.07) is 1.03. The van der Waals surface area contributed by atoms with Crippen LogP contribution < -0.4 is 0 Å². The molecular weight excluding hydrogens is 182 g/mol. The van der Waals surface area contributed by atoms with Crippen LogP contribution in [-0.4, -0.2) is 9.91 Å². The zero-order chi connectivity index (χ0) is 10.0. The fourth-order valence-corrected chi connectivity index (χ4v) is 0.882. The minimum absolute atomic E-state index is 0.344. The van der Waals surface area contributed by atoms with Crippen LogP contribution in [0.4, 0.5) is 14.5 Å². The third kappa shape index (κ3) is 1.95. The monoisotopic (exact) mass is 188 g/mol. The molecule has 70 valence electrons. The summed E-state index contributed by atoms with van der Waals surface area (Å²) in [6.07, 6.45) is -2.04. The highest BCUT2D eigenvalue weighted by Crippen LogP contribution is 2.27. The van der Waals surface area contributed by atoms with Gasteiger partial charge < -0.3 is 0 Å². The molecule has 0 atom stereocenters. The Labute approximate surface area is 72.4 Å². The van der Waals surface area contributed by atoms with Gasteiger partial charge in [0.15, 0.2) is 0 Å². The van der Waals surface area contributed by atoms with E-state index in [-0.39, 0.29) is 0 Å². The number of aromatic nitrogens is 1. The van der Waals surface area contributed by atoms with Crippen LogP contribution in [0.2, 0.25) is 0 Å². The Morgan fingerprint density at radius 3 is 2.69 bits per heavy atom. The SMILES string of the molecule is Cc1cc([N+](=O)[O-])c(C(F)F)cn1. The fraction of sp³-hybridized carbons (Fsp3) is 0.286. The minimum atomic E-state index is -2.87. The maximum Gasteiger partial charge on any atom is 0.281 e. The maximum atomic E-state index is 12.2. The van der Waals surface area contributed by atoms with E-state index in [4.69, 9.17) is 0 Å². The molecule has 0 aliphatic carbocycles. The Kier molecular flexibility index (Phi) is 2.50. The average Bonchev–Trinajstić information content (AvgIpc) is 2.03. The van der Waals surface area contributed by atoms with Crippen molar-refractivity contribution in [3.63, 3.8) is 0 Å². The zero-order valence-corrected chi connectivity index (χ0v) is 6.70. The smallest absolute Gasteiger partial charge is 0.261 e. The second-order valence-corrected chi connectivity index (χ2v) is 2.44. The normalized spacial score (nSPS) is 10.5. The molecule has 0 bridgehead atoms. The van der Waals surface area contributed by atoms with Gasteiger partial charge in [-0.3, -0.25) is 15.1 Å². The number of nitrogens with zero attached hydrogens (tertiary/aromatic N) is 2. The standard InChI is InChI=1S/C7H6F2N2O2/c1-4-2-6(11(12)13)5(3-10-4)7(8)9/h2-3,7H,1H3. The summed E-state index contributed by atoms with van der Waals surface area (Å²) < 4.78 is 24.4. The summed E-state index contributed by atoms with van der Waals surface area (Å²) in [5, 5.41) is 10.3. The van der Waals surface area contributed by atoms with E-state index in [1.165, 1.54) is 6.92 Å². The molecule has 0 N–H and O–H groups in total. The molecule has 0 aromatic carbocycles. The van der Waals surface area contributed by atoms with E-state index >= 15 is 0 Å². The largest absolute Gasteiger partial charge is 0.281 e. The Bertz CT molecular complexity index is 341. The molecule has 0 fully saturated rings. The highest BCUT2D eigenvalue weighted by molar-refractivity contribution is 5.40. The van der Waals surface area contributed by atoms with Crippen molar-refractivity contribution >= 4 is 5.69 Å². The first-order valence-electron chi connectivity index (χ1n) is 3.41. The van der Waals surface area contributed by atoms with Crippen LogP contribution in [0.3, 0.4) is 0 Å². The summed E-state index contributed by atoms with van der Waals surface area (Å²) in [7, 11) is 0. The van der Waals surface area contributed by atoms with E-state index in [1.54, 1.807) is 0 Å². The second-order valence-electron chi connectivity index (χ2n) is 2.44. The lowest BCUT2D eigenvalue weighted by atomic mass is 10.2. The molecular formula is C7H6F2N2O2. The third-order valence-electron chi connectivity index (χ3n) is 1.48. The van der Waals surface area contributed by atoms with E-state index < -0.39 is 22.6 Å². The van der Waals surface area contributed by atoms with Gasteiger partial charge in [-0.05, 0) is 6.92 Å². The van der Waals surface area contributed by atoms with Gasteiger partial charge in [-0.2, -0.15) is 0 Å². The average molecular weight is 188 g/mol. The van der Waals surface area contributed by atoms with Crippen LogP contribution in [0.5, 0.6) is 0 Å². The third-order valence-corrected chi connectivity index (χ3v) is 1.48. The molecule has 1 rings (SSSR count). The number of alkyl halides is 2. The molecule has 0 radical (unpaired) electrons. The van der Waals surface area contributed by atoms with Crippen molar-refractivity contribution in [3.8, 4) is 0 Å². The van der Waals surface area contributed by atoms with Crippen LogP contribution in [0, 0.1) is 17.0 Å². The molecule has 1 aromatic heterocycles. The van der Waals surface area contributed by atoms with Crippen molar-refractivity contribution in [2.45, 2.75) is 13.3 Å². The molecule has 1 heterocycles. The molecule has 0 aliphatic heterocycles. The molecule has 4 nitrogen and oxygen atoms in total. The van der Waals surface area contributed by atoms with E-state index in [0.717, 1.165) is 12.3 Å². The highest BCUT2D eigenvalue weighted by Gasteiger charge is 2.21. The van der Waals surface area contributed by atoms with Gasteiger partial charge in [-0.15, -0.1) is 0 Å². The first-order chi connectivity index (χ1) is 6.02. The molecule has 0 saturated carbocycles. The van der Waals surface area contributed by atoms with Crippen LogP contribution in [0.1, 0.15) is 17.7 Å². The van der Waals surface area contributed by atoms with Crippen molar-refractivity contribution in [1.82, 2.24) is 4.98 Å². The first kappa shape index (κ1) is 9.50. The van der Waals surface area contributed by atoms with Crippen molar-refractivity contribution < 1.29 is 13.7 Å². The number of hydrogen-bond donors (Lipinski definition) is 0. The Morgan fingerprint density at radius 1 is 1.62 bits per heavy atom. The Hall–Kier alpha value is -1.59. The summed E-state index contributed by atoms with van der Waals surface area (Å²) in [6.45, 7) is 1.50. The number of aryl methyl sites for hydroxylation is 1. The molecule has 0 saturated heterocycles. The maximum absolute atomic E-state index is 12.2. The molecule has 0 unspecified atom stereocenters. The van der Waals surface area contributed by atoms with Crippen LogP contribution in [0.15, 0.2) is 12.3 Å². The number of hydrogen-bond acceptors (Lipinski definition) is 3. The van der Waals surface area contributed by atoms with Gasteiger partial charge in [0.05, 0.1) is 4.92 Å². The number of rotatable bonds is 2. The lowest BCUT2D eigenvalue weighted by Crippen LogP contribution is -1.98. The van der Waals surface area contributed by atoms with Gasteiger partial charge in [-0.1, -0.05) is 0 Å². The highest BCUT2D eigenvalue weighted by atomic mass is 19.3. The predicted molar refractivity (Wildman–Crippen MR) is 40.6 cm³/mol. The van der Waals surface area contributed by atoms with Gasteiger partial charge >= 0.3 is 0 Å². The van der Waals surface area contributed by atoms with Crippen molar-refractivity contribution in [2.24, 2.45) is 0 Å². The molecule has 6 heteroatoms. The Balaban J connectivity index is 3.27. The summed E-state index contributed by atoms with van der Waals surface area (Å²) >= 11 is 0. The fourth-order valence-electron chi connectivity index (χ4n) is 0.882. The topological polar surface area (TPSA) is 56.0 Å². The van der Waals surface area contributed by atoms with Crippen molar-refractivity contribution in [2.75, 3.05) is 0 Å². The van der Waals surface area contributed by atoms with Gasteiger partial charge in [-0.25, -0.2) is 8.78 Å². The molecule has 0 amide bonds.